The van der Waals surface area contributed by atoms with Crippen LogP contribution in [-0.4, -0.2) is 8.42 Å². The molecule has 0 spiro atoms. The molecule has 0 aliphatic carbocycles. The minimum absolute atomic E-state index is 1.12. The highest BCUT2D eigenvalue weighted by Gasteiger charge is 1.87. The van der Waals surface area contributed by atoms with Crippen molar-refractivity contribution in [2.45, 2.75) is 0 Å². The molecular weight excluding hydrogens is 226 g/mol. The van der Waals surface area contributed by atoms with E-state index in [1.54, 1.807) is 0 Å². The van der Waals surface area contributed by atoms with E-state index in [1.165, 1.54) is 0 Å². The summed E-state index contributed by atoms with van der Waals surface area (Å²) in [5.74, 6) is 0. The molecule has 0 saturated heterocycles. The lowest BCUT2D eigenvalue weighted by Gasteiger charge is -1.61. The van der Waals surface area contributed by atoms with Crippen molar-refractivity contribution in [1.82, 2.24) is 0 Å². The fourth-order valence-corrected chi connectivity index (χ4v) is 0. The summed E-state index contributed by atoms with van der Waals surface area (Å²) in [6.45, 7) is 0. The van der Waals surface area contributed by atoms with Crippen LogP contribution < -0.4 is 0 Å². The van der Waals surface area contributed by atoms with Crippen LogP contribution >= 0.6 is 31.9 Å². The van der Waals surface area contributed by atoms with Gasteiger partial charge in [0, 0.05) is 10.7 Å². The van der Waals surface area contributed by atoms with Crippen molar-refractivity contribution >= 4 is 38.1 Å². The summed E-state index contributed by atoms with van der Waals surface area (Å²) in [6, 6.07) is 0. The predicted molar refractivity (Wildman–Crippen MR) is 28.8 cm³/mol. The topological polar surface area (TPSA) is 34.1 Å². The molecule has 5 heavy (non-hydrogen) atoms. The molecule has 0 aliphatic heterocycles. The molecule has 0 heterocycles. The Morgan fingerprint density at radius 3 is 1.60 bits per heavy atom. The summed E-state index contributed by atoms with van der Waals surface area (Å²) in [5, 5.41) is 0. The zero-order valence-corrected chi connectivity index (χ0v) is 5.71. The smallest absolute Gasteiger partial charge is 0.201 e. The standard InChI is InChI=1S/ClIO2S/c1-5(2,3)4. The van der Waals surface area contributed by atoms with Gasteiger partial charge in [0.05, 0.1) is 21.2 Å². The van der Waals surface area contributed by atoms with Gasteiger partial charge in [0.1, 0.15) is 0 Å². The van der Waals surface area contributed by atoms with Gasteiger partial charge in [-0.05, 0) is 0 Å². The van der Waals surface area contributed by atoms with Crippen molar-refractivity contribution in [3.8, 4) is 0 Å². The van der Waals surface area contributed by atoms with Crippen LogP contribution in [0.3, 0.4) is 0 Å². The van der Waals surface area contributed by atoms with Crippen molar-refractivity contribution in [2.24, 2.45) is 0 Å². The molecule has 2 nitrogen and oxygen atoms in total. The second-order valence-corrected chi connectivity index (χ2v) is 7.39. The third-order valence-corrected chi connectivity index (χ3v) is 0. The van der Waals surface area contributed by atoms with E-state index in [4.69, 9.17) is 0 Å². The van der Waals surface area contributed by atoms with Gasteiger partial charge in [-0.2, -0.15) is 0 Å². The molecule has 0 N–H and O–H groups in total. The molecule has 0 bridgehead atoms. The lowest BCUT2D eigenvalue weighted by atomic mass is 15.9. The highest BCUT2D eigenvalue weighted by molar-refractivity contribution is 14.2. The number of halogens is 2. The predicted octanol–water partition coefficient (Wildman–Crippen LogP) is 0.905. The van der Waals surface area contributed by atoms with Crippen molar-refractivity contribution < 1.29 is 8.42 Å². The Balaban J connectivity index is 4.06. The first-order valence-electron chi connectivity index (χ1n) is 0.642. The Kier molecular flexibility index (Phi) is 1.93. The third kappa shape index (κ3) is 46.6. The maximum atomic E-state index is 9.38. The van der Waals surface area contributed by atoms with E-state index < -0.39 is 6.22 Å². The highest BCUT2D eigenvalue weighted by atomic mass is 127. The zero-order chi connectivity index (χ0) is 4.50. The largest absolute Gasteiger partial charge is 0.285 e. The average molecular weight is 226 g/mol. The molecule has 0 rings (SSSR count). The van der Waals surface area contributed by atoms with Crippen LogP contribution in [0.5, 0.6) is 0 Å². The van der Waals surface area contributed by atoms with Gasteiger partial charge in [-0.15, -0.1) is 0 Å². The fraction of sp³-hybridized carbons (Fsp3) is 0. The monoisotopic (exact) mass is 226 g/mol. The van der Waals surface area contributed by atoms with Gasteiger partial charge in [0.2, 0.25) is 0 Å². The van der Waals surface area contributed by atoms with E-state index >= 15 is 0 Å². The molecule has 0 amide bonds. The lowest BCUT2D eigenvalue weighted by molar-refractivity contribution is 0.624. The highest BCUT2D eigenvalue weighted by Crippen LogP contribution is 2.04. The van der Waals surface area contributed by atoms with Crippen LogP contribution in [-0.2, 0) is 6.22 Å². The van der Waals surface area contributed by atoms with Crippen LogP contribution in [0, 0.1) is 0 Å². The first-order valence-corrected chi connectivity index (χ1v) is 5.49. The van der Waals surface area contributed by atoms with E-state index in [0.29, 0.717) is 0 Å². The molecular formula is ClIO2S. The van der Waals surface area contributed by atoms with Crippen molar-refractivity contribution in [3.63, 3.8) is 0 Å². The average Bonchev–Trinajstić information content (AvgIpc) is 0.722. The molecule has 0 atom stereocenters. The van der Waals surface area contributed by atoms with Crippen molar-refractivity contribution in [3.05, 3.63) is 0 Å². The number of rotatable bonds is 0. The van der Waals surface area contributed by atoms with Crippen LogP contribution in [0.25, 0.3) is 0 Å². The lowest BCUT2D eigenvalue weighted by Crippen LogP contribution is -1.61. The summed E-state index contributed by atoms with van der Waals surface area (Å²) in [6.07, 6.45) is -3.22. The Hall–Kier alpha value is 0.970. The second kappa shape index (κ2) is 1.61. The molecule has 0 unspecified atom stereocenters. The Bertz CT molecular complexity index is 92.8. The summed E-state index contributed by atoms with van der Waals surface area (Å²) >= 11 is 1.12. The fourth-order valence-electron chi connectivity index (χ4n) is 0. The second-order valence-electron chi connectivity index (χ2n) is 0.378. The molecule has 0 aromatic heterocycles. The van der Waals surface area contributed by atoms with E-state index in [2.05, 4.69) is 10.7 Å². The molecule has 0 aromatic carbocycles. The summed E-state index contributed by atoms with van der Waals surface area (Å²) < 4.78 is 18.8. The quantitative estimate of drug-likeness (QED) is 0.454. The molecule has 0 saturated carbocycles. The minimum atomic E-state index is -3.22. The first kappa shape index (κ1) is 5.97. The maximum Gasteiger partial charge on any atom is 0.285 e. The summed E-state index contributed by atoms with van der Waals surface area (Å²) in [5.41, 5.74) is 0. The molecule has 0 aliphatic rings. The van der Waals surface area contributed by atoms with Gasteiger partial charge in [-0.3, -0.25) is 0 Å². The number of hydrogen-bond acceptors (Lipinski definition) is 2. The van der Waals surface area contributed by atoms with Crippen LogP contribution in [0.1, 0.15) is 0 Å². The van der Waals surface area contributed by atoms with Gasteiger partial charge in [0.15, 0.2) is 0 Å². The zero-order valence-electron chi connectivity index (χ0n) is 1.98. The Morgan fingerprint density at radius 1 is 1.60 bits per heavy atom. The van der Waals surface area contributed by atoms with Crippen LogP contribution in [0.15, 0.2) is 0 Å². The molecule has 0 aromatic rings. The minimum Gasteiger partial charge on any atom is -0.201 e. The van der Waals surface area contributed by atoms with Gasteiger partial charge in [-0.25, -0.2) is 8.42 Å². The molecule has 0 fully saturated rings. The van der Waals surface area contributed by atoms with Gasteiger partial charge in [0.25, 0.3) is 6.22 Å². The van der Waals surface area contributed by atoms with Crippen molar-refractivity contribution in [1.29, 1.82) is 0 Å². The normalized spacial score (nSPS) is 11.6. The van der Waals surface area contributed by atoms with Gasteiger partial charge < -0.3 is 0 Å². The van der Waals surface area contributed by atoms with Gasteiger partial charge >= 0.3 is 0 Å². The van der Waals surface area contributed by atoms with Crippen LogP contribution in [0.2, 0.25) is 0 Å². The van der Waals surface area contributed by atoms with Gasteiger partial charge in [-0.1, -0.05) is 0 Å². The Labute approximate surface area is 46.5 Å². The maximum absolute atomic E-state index is 9.38. The summed E-state index contributed by atoms with van der Waals surface area (Å²) in [4.78, 5) is 0. The SMILES string of the molecule is O=S(=O)(Cl)I. The van der Waals surface area contributed by atoms with E-state index in [9.17, 15) is 8.42 Å². The van der Waals surface area contributed by atoms with E-state index in [-0.39, 0.29) is 0 Å². The molecule has 32 valence electrons. The number of hydrogen-bond donors (Lipinski definition) is 0. The molecule has 0 radical (unpaired) electrons. The van der Waals surface area contributed by atoms with E-state index in [1.807, 2.05) is 0 Å². The molecule has 5 heteroatoms. The third-order valence-electron chi connectivity index (χ3n) is 0. The van der Waals surface area contributed by atoms with E-state index in [0.717, 1.165) is 21.2 Å². The van der Waals surface area contributed by atoms with Crippen molar-refractivity contribution in [2.75, 3.05) is 0 Å². The Morgan fingerprint density at radius 2 is 1.60 bits per heavy atom. The first-order chi connectivity index (χ1) is 2.00. The van der Waals surface area contributed by atoms with Crippen LogP contribution in [0.4, 0.5) is 0 Å². The summed E-state index contributed by atoms with van der Waals surface area (Å²) in [7, 11) is 4.49.